The molecule has 1 saturated heterocycles. The van der Waals surface area contributed by atoms with E-state index >= 15 is 0 Å². The molecule has 0 radical (unpaired) electrons. The minimum Gasteiger partial charge on any atom is -0.213 e. The Labute approximate surface area is 104 Å². The van der Waals surface area contributed by atoms with Gasteiger partial charge in [0, 0.05) is 13.1 Å². The Bertz CT molecular complexity index is 456. The number of rotatable bonds is 2. The largest absolute Gasteiger partial charge is 0.213 e. The molecule has 17 heavy (non-hydrogen) atoms. The molecular weight excluding hydrogens is 234 g/mol. The quantitative estimate of drug-likeness (QED) is 0.810. The van der Waals surface area contributed by atoms with Crippen molar-refractivity contribution in [3.8, 4) is 0 Å². The number of nitrogens with zero attached hydrogens (tertiary/aromatic N) is 1. The van der Waals surface area contributed by atoms with Crippen LogP contribution in [0.1, 0.15) is 30.7 Å². The Hall–Kier alpha value is -0.870. The van der Waals surface area contributed by atoms with Crippen molar-refractivity contribution in [2.75, 3.05) is 19.3 Å². The molecular formula is C13H19NO2S. The maximum atomic E-state index is 11.6. The van der Waals surface area contributed by atoms with Crippen molar-refractivity contribution in [3.05, 3.63) is 35.9 Å². The molecule has 0 unspecified atom stereocenters. The molecule has 0 aromatic heterocycles. The Morgan fingerprint density at radius 2 is 1.88 bits per heavy atom. The summed E-state index contributed by atoms with van der Waals surface area (Å²) < 4.78 is 24.9. The van der Waals surface area contributed by atoms with Gasteiger partial charge in [0.25, 0.3) is 0 Å². The first kappa shape index (κ1) is 12.6. The third kappa shape index (κ3) is 3.30. The molecule has 0 aliphatic carbocycles. The summed E-state index contributed by atoms with van der Waals surface area (Å²) in [7, 11) is -3.06. The summed E-state index contributed by atoms with van der Waals surface area (Å²) in [6.45, 7) is 1.30. The van der Waals surface area contributed by atoms with E-state index in [1.54, 1.807) is 4.31 Å². The molecule has 0 saturated carbocycles. The molecule has 1 aliphatic rings. The van der Waals surface area contributed by atoms with Crippen molar-refractivity contribution in [1.82, 2.24) is 4.31 Å². The van der Waals surface area contributed by atoms with Gasteiger partial charge in [-0.2, -0.15) is 0 Å². The lowest BCUT2D eigenvalue weighted by molar-refractivity contribution is 0.410. The molecule has 1 fully saturated rings. The van der Waals surface area contributed by atoms with Crippen LogP contribution in [0, 0.1) is 0 Å². The van der Waals surface area contributed by atoms with Gasteiger partial charge in [-0.25, -0.2) is 12.7 Å². The zero-order valence-electron chi connectivity index (χ0n) is 10.2. The van der Waals surface area contributed by atoms with E-state index < -0.39 is 10.0 Å². The predicted molar refractivity (Wildman–Crippen MR) is 69.5 cm³/mol. The number of benzene rings is 1. The molecule has 94 valence electrons. The normalized spacial score (nSPS) is 23.2. The molecule has 1 heterocycles. The van der Waals surface area contributed by atoms with E-state index in [-0.39, 0.29) is 0 Å². The summed E-state index contributed by atoms with van der Waals surface area (Å²) in [5, 5.41) is 0. The lowest BCUT2D eigenvalue weighted by Gasteiger charge is -2.22. The van der Waals surface area contributed by atoms with Gasteiger partial charge in [0.15, 0.2) is 0 Å². The Morgan fingerprint density at radius 1 is 1.18 bits per heavy atom. The second kappa shape index (κ2) is 5.19. The Morgan fingerprint density at radius 3 is 2.53 bits per heavy atom. The smallest absolute Gasteiger partial charge is 0.211 e. The highest BCUT2D eigenvalue weighted by atomic mass is 32.2. The second-order valence-electron chi connectivity index (χ2n) is 4.72. The van der Waals surface area contributed by atoms with Gasteiger partial charge in [0.1, 0.15) is 0 Å². The molecule has 3 nitrogen and oxygen atoms in total. The number of sulfonamides is 1. The lowest BCUT2D eigenvalue weighted by Crippen LogP contribution is -2.33. The summed E-state index contributed by atoms with van der Waals surface area (Å²) in [5.74, 6) is 0.341. The molecule has 0 spiro atoms. The van der Waals surface area contributed by atoms with Crippen molar-refractivity contribution < 1.29 is 8.42 Å². The number of hydrogen-bond acceptors (Lipinski definition) is 2. The van der Waals surface area contributed by atoms with Crippen molar-refractivity contribution in [2.45, 2.75) is 25.2 Å². The van der Waals surface area contributed by atoms with Gasteiger partial charge in [-0.1, -0.05) is 36.8 Å². The average molecular weight is 253 g/mol. The van der Waals surface area contributed by atoms with Crippen molar-refractivity contribution in [3.63, 3.8) is 0 Å². The third-order valence-electron chi connectivity index (χ3n) is 3.37. The molecule has 1 aromatic carbocycles. The maximum Gasteiger partial charge on any atom is 0.211 e. The van der Waals surface area contributed by atoms with Crippen LogP contribution in [0.4, 0.5) is 0 Å². The van der Waals surface area contributed by atoms with Crippen LogP contribution in [-0.2, 0) is 10.0 Å². The monoisotopic (exact) mass is 253 g/mol. The van der Waals surface area contributed by atoms with Crippen LogP contribution in [0.3, 0.4) is 0 Å². The average Bonchev–Trinajstić information content (AvgIpc) is 2.55. The third-order valence-corrected chi connectivity index (χ3v) is 4.64. The predicted octanol–water partition coefficient (Wildman–Crippen LogP) is 2.22. The number of hydrogen-bond donors (Lipinski definition) is 0. The molecule has 0 bridgehead atoms. The van der Waals surface area contributed by atoms with Crippen molar-refractivity contribution in [1.29, 1.82) is 0 Å². The summed E-state index contributed by atoms with van der Waals surface area (Å²) >= 11 is 0. The minimum absolute atomic E-state index is 0.341. The van der Waals surface area contributed by atoms with E-state index in [0.29, 0.717) is 19.0 Å². The van der Waals surface area contributed by atoms with Crippen LogP contribution < -0.4 is 0 Å². The summed E-state index contributed by atoms with van der Waals surface area (Å²) in [6, 6.07) is 10.2. The summed E-state index contributed by atoms with van der Waals surface area (Å²) in [4.78, 5) is 0. The van der Waals surface area contributed by atoms with Crippen LogP contribution >= 0.6 is 0 Å². The highest BCUT2D eigenvalue weighted by Crippen LogP contribution is 2.27. The zero-order chi connectivity index (χ0) is 12.3. The van der Waals surface area contributed by atoms with Crippen LogP contribution in [0.25, 0.3) is 0 Å². The van der Waals surface area contributed by atoms with Gasteiger partial charge >= 0.3 is 0 Å². The topological polar surface area (TPSA) is 37.4 Å². The summed E-state index contributed by atoms with van der Waals surface area (Å²) in [5.41, 5.74) is 1.25. The van der Waals surface area contributed by atoms with E-state index in [1.165, 1.54) is 11.8 Å². The lowest BCUT2D eigenvalue weighted by atomic mass is 9.95. The second-order valence-corrected chi connectivity index (χ2v) is 6.71. The van der Waals surface area contributed by atoms with Crippen LogP contribution in [0.2, 0.25) is 0 Å². The molecule has 0 N–H and O–H groups in total. The molecule has 0 amide bonds. The molecule has 2 rings (SSSR count). The zero-order valence-corrected chi connectivity index (χ0v) is 11.0. The molecule has 1 atom stereocenters. The van der Waals surface area contributed by atoms with Crippen LogP contribution in [0.5, 0.6) is 0 Å². The first-order valence-electron chi connectivity index (χ1n) is 6.07. The van der Waals surface area contributed by atoms with Gasteiger partial charge < -0.3 is 0 Å². The fraction of sp³-hybridized carbons (Fsp3) is 0.538. The highest BCUT2D eigenvalue weighted by molar-refractivity contribution is 7.88. The van der Waals surface area contributed by atoms with Crippen molar-refractivity contribution in [2.24, 2.45) is 0 Å². The van der Waals surface area contributed by atoms with Gasteiger partial charge in [-0.3, -0.25) is 0 Å². The fourth-order valence-electron chi connectivity index (χ4n) is 2.41. The van der Waals surface area contributed by atoms with Crippen molar-refractivity contribution >= 4 is 10.0 Å². The van der Waals surface area contributed by atoms with E-state index in [0.717, 1.165) is 19.3 Å². The van der Waals surface area contributed by atoms with E-state index in [4.69, 9.17) is 0 Å². The van der Waals surface area contributed by atoms with Crippen LogP contribution in [-0.4, -0.2) is 32.1 Å². The Kier molecular flexibility index (Phi) is 3.84. The van der Waals surface area contributed by atoms with E-state index in [2.05, 4.69) is 12.1 Å². The van der Waals surface area contributed by atoms with Gasteiger partial charge in [0.2, 0.25) is 10.0 Å². The molecule has 1 aromatic rings. The maximum absolute atomic E-state index is 11.6. The first-order chi connectivity index (χ1) is 8.07. The Balaban J connectivity index is 2.19. The first-order valence-corrected chi connectivity index (χ1v) is 7.92. The molecule has 4 heteroatoms. The fourth-order valence-corrected chi connectivity index (χ4v) is 3.32. The van der Waals surface area contributed by atoms with E-state index in [9.17, 15) is 8.42 Å². The SMILES string of the molecule is CS(=O)(=O)N1CCCC[C@@H](c2ccccc2)C1. The summed E-state index contributed by atoms with van der Waals surface area (Å²) in [6.07, 6.45) is 4.46. The highest BCUT2D eigenvalue weighted by Gasteiger charge is 2.24. The van der Waals surface area contributed by atoms with Gasteiger partial charge in [0.05, 0.1) is 6.26 Å². The minimum atomic E-state index is -3.06. The van der Waals surface area contributed by atoms with Gasteiger partial charge in [-0.05, 0) is 24.3 Å². The van der Waals surface area contributed by atoms with Gasteiger partial charge in [-0.15, -0.1) is 0 Å². The standard InChI is InChI=1S/C13H19NO2S/c1-17(15,16)14-10-6-5-9-13(11-14)12-7-3-2-4-8-12/h2-4,7-8,13H,5-6,9-11H2,1H3/t13-/m1/s1. The van der Waals surface area contributed by atoms with E-state index in [1.807, 2.05) is 18.2 Å². The van der Waals surface area contributed by atoms with Crippen LogP contribution in [0.15, 0.2) is 30.3 Å². The molecule has 1 aliphatic heterocycles.